The first-order valence-electron chi connectivity index (χ1n) is 14.1. The number of benzene rings is 2. The molecule has 224 valence electrons. The summed E-state index contributed by atoms with van der Waals surface area (Å²) in [4.78, 5) is 53.5. The van der Waals surface area contributed by atoms with E-state index in [0.717, 1.165) is 5.56 Å². The van der Waals surface area contributed by atoms with Crippen molar-refractivity contribution in [1.82, 2.24) is 9.80 Å². The number of hydrogen-bond donors (Lipinski definition) is 1. The maximum atomic E-state index is 15.6. The van der Waals surface area contributed by atoms with Crippen molar-refractivity contribution in [3.8, 4) is 5.75 Å². The lowest BCUT2D eigenvalue weighted by Crippen LogP contribution is -2.46. The minimum atomic E-state index is -1.12. The Morgan fingerprint density at radius 1 is 1.14 bits per heavy atom. The third kappa shape index (κ3) is 5.77. The summed E-state index contributed by atoms with van der Waals surface area (Å²) in [5.74, 6) is -2.23. The number of rotatable bonds is 7. The molecule has 2 N–H and O–H groups in total. The zero-order valence-corrected chi connectivity index (χ0v) is 24.1. The molecule has 0 unspecified atom stereocenters. The first-order chi connectivity index (χ1) is 19.9. The van der Waals surface area contributed by atoms with Crippen molar-refractivity contribution >= 4 is 23.9 Å². The molecule has 3 heterocycles. The molecule has 5 rings (SSSR count). The Bertz CT molecular complexity index is 1400. The molecule has 1 saturated heterocycles. The van der Waals surface area contributed by atoms with Crippen LogP contribution in [0.2, 0.25) is 0 Å². The van der Waals surface area contributed by atoms with Crippen LogP contribution >= 0.6 is 0 Å². The average molecular weight is 582 g/mol. The first-order valence-corrected chi connectivity index (χ1v) is 14.1. The molecule has 0 radical (unpaired) electrons. The van der Waals surface area contributed by atoms with Crippen molar-refractivity contribution in [3.63, 3.8) is 0 Å². The molecule has 0 bridgehead atoms. The molecule has 1 atom stereocenters. The third-order valence-electron chi connectivity index (χ3n) is 8.13. The van der Waals surface area contributed by atoms with Gasteiger partial charge in [-0.3, -0.25) is 14.4 Å². The summed E-state index contributed by atoms with van der Waals surface area (Å²) in [7, 11) is 0. The Morgan fingerprint density at radius 3 is 2.48 bits per heavy atom. The van der Waals surface area contributed by atoms with Crippen LogP contribution in [-0.4, -0.2) is 65.0 Å². The zero-order chi connectivity index (χ0) is 30.2. The molecule has 11 heteroatoms. The number of fused-ring (bicyclic) bond motifs is 4. The number of carbonyl (C=O) groups is 4. The maximum absolute atomic E-state index is 15.6. The van der Waals surface area contributed by atoms with Crippen LogP contribution in [0.15, 0.2) is 36.4 Å². The minimum Gasteiger partial charge on any atom is -0.492 e. The Kier molecular flexibility index (Phi) is 7.87. The molecular formula is C31H36FN3O7. The molecule has 1 spiro atoms. The molecule has 3 aliphatic rings. The molecule has 0 saturated carbocycles. The van der Waals surface area contributed by atoms with E-state index >= 15 is 4.39 Å². The highest BCUT2D eigenvalue weighted by atomic mass is 19.1. The normalized spacial score (nSPS) is 17.9. The van der Waals surface area contributed by atoms with Gasteiger partial charge < -0.3 is 29.7 Å². The smallest absolute Gasteiger partial charge is 0.410 e. The molecule has 2 aromatic rings. The van der Waals surface area contributed by atoms with Crippen LogP contribution in [0.4, 0.5) is 9.18 Å². The summed E-state index contributed by atoms with van der Waals surface area (Å²) in [6, 6.07) is 9.66. The minimum absolute atomic E-state index is 0.0468. The van der Waals surface area contributed by atoms with E-state index in [4.69, 9.17) is 19.9 Å². The van der Waals surface area contributed by atoms with E-state index in [2.05, 4.69) is 0 Å². The number of piperidine rings is 1. The van der Waals surface area contributed by atoms with Crippen molar-refractivity contribution < 1.29 is 37.8 Å². The highest BCUT2D eigenvalue weighted by Gasteiger charge is 2.49. The van der Waals surface area contributed by atoms with Gasteiger partial charge in [0.05, 0.1) is 18.7 Å². The van der Waals surface area contributed by atoms with Gasteiger partial charge >= 0.3 is 12.1 Å². The summed E-state index contributed by atoms with van der Waals surface area (Å²) < 4.78 is 32.5. The second kappa shape index (κ2) is 11.3. The third-order valence-corrected chi connectivity index (χ3v) is 8.13. The van der Waals surface area contributed by atoms with Crippen LogP contribution in [0, 0.1) is 5.82 Å². The SMILES string of the molecule is CC(C)(C)OC(=O)CC[C@@H](C(N)=O)N1Cc2c3c(cc(F)c2C1=O)C1(CCN(C(=O)OCc2ccccc2)CC1)CO3. The Balaban J connectivity index is 1.28. The van der Waals surface area contributed by atoms with E-state index in [1.165, 1.54) is 11.0 Å². The van der Waals surface area contributed by atoms with Gasteiger partial charge in [0, 0.05) is 36.1 Å². The van der Waals surface area contributed by atoms with Gasteiger partial charge in [-0.05, 0) is 51.7 Å². The number of likely N-dealkylation sites (tertiary alicyclic amines) is 1. The number of hydrogen-bond acceptors (Lipinski definition) is 7. The Labute approximate surface area is 243 Å². The van der Waals surface area contributed by atoms with Crippen LogP contribution in [0.5, 0.6) is 5.75 Å². The molecular weight excluding hydrogens is 545 g/mol. The molecule has 10 nitrogen and oxygen atoms in total. The lowest BCUT2D eigenvalue weighted by Gasteiger charge is -2.38. The lowest BCUT2D eigenvalue weighted by atomic mass is 9.74. The summed E-state index contributed by atoms with van der Waals surface area (Å²) in [6.07, 6.45) is 0.495. The van der Waals surface area contributed by atoms with Crippen LogP contribution < -0.4 is 10.5 Å². The fourth-order valence-corrected chi connectivity index (χ4v) is 5.99. The number of amides is 3. The molecule has 0 aromatic heterocycles. The monoisotopic (exact) mass is 581 g/mol. The van der Waals surface area contributed by atoms with Gasteiger partial charge in [-0.25, -0.2) is 9.18 Å². The topological polar surface area (TPSA) is 128 Å². The second-order valence-corrected chi connectivity index (χ2v) is 12.2. The molecule has 3 aliphatic heterocycles. The summed E-state index contributed by atoms with van der Waals surface area (Å²) in [5, 5.41) is 0. The van der Waals surface area contributed by atoms with Gasteiger partial charge in [0.2, 0.25) is 5.91 Å². The molecule has 1 fully saturated rings. The van der Waals surface area contributed by atoms with Gasteiger partial charge in [-0.1, -0.05) is 30.3 Å². The Hall–Kier alpha value is -4.15. The molecule has 3 amide bonds. The van der Waals surface area contributed by atoms with Crippen LogP contribution in [-0.2, 0) is 37.6 Å². The van der Waals surface area contributed by atoms with E-state index in [1.54, 1.807) is 25.7 Å². The summed E-state index contributed by atoms with van der Waals surface area (Å²) in [5.41, 5.74) is 6.21. The van der Waals surface area contributed by atoms with Crippen molar-refractivity contribution in [2.24, 2.45) is 5.73 Å². The highest BCUT2D eigenvalue weighted by molar-refractivity contribution is 6.02. The van der Waals surface area contributed by atoms with Crippen molar-refractivity contribution in [2.45, 2.75) is 76.7 Å². The van der Waals surface area contributed by atoms with E-state index in [9.17, 15) is 19.2 Å². The number of nitrogens with zero attached hydrogens (tertiary/aromatic N) is 2. The van der Waals surface area contributed by atoms with E-state index in [0.29, 0.717) is 42.8 Å². The highest BCUT2D eigenvalue weighted by Crippen LogP contribution is 2.50. The van der Waals surface area contributed by atoms with Gasteiger partial charge in [0.15, 0.2) is 0 Å². The summed E-state index contributed by atoms with van der Waals surface area (Å²) in [6.45, 7) is 6.42. The van der Waals surface area contributed by atoms with Crippen LogP contribution in [0.1, 0.15) is 73.5 Å². The van der Waals surface area contributed by atoms with E-state index in [1.807, 2.05) is 30.3 Å². The number of carbonyl (C=O) groups excluding carboxylic acids is 4. The largest absolute Gasteiger partial charge is 0.492 e. The van der Waals surface area contributed by atoms with Crippen molar-refractivity contribution in [3.05, 3.63) is 64.5 Å². The predicted octanol–water partition coefficient (Wildman–Crippen LogP) is 3.82. The van der Waals surface area contributed by atoms with Crippen molar-refractivity contribution in [2.75, 3.05) is 19.7 Å². The lowest BCUT2D eigenvalue weighted by molar-refractivity contribution is -0.155. The fourth-order valence-electron chi connectivity index (χ4n) is 5.99. The van der Waals surface area contributed by atoms with Crippen LogP contribution in [0.25, 0.3) is 0 Å². The first kappa shape index (κ1) is 29.3. The number of nitrogens with two attached hydrogens (primary N) is 1. The number of esters is 1. The summed E-state index contributed by atoms with van der Waals surface area (Å²) >= 11 is 0. The van der Waals surface area contributed by atoms with Crippen molar-refractivity contribution in [1.29, 1.82) is 0 Å². The fraction of sp³-hybridized carbons (Fsp3) is 0.484. The second-order valence-electron chi connectivity index (χ2n) is 12.2. The van der Waals surface area contributed by atoms with Gasteiger partial charge in [-0.2, -0.15) is 0 Å². The van der Waals surface area contributed by atoms with E-state index < -0.39 is 46.8 Å². The number of primary amides is 1. The average Bonchev–Trinajstić information content (AvgIpc) is 3.45. The Morgan fingerprint density at radius 2 is 1.83 bits per heavy atom. The molecule has 42 heavy (non-hydrogen) atoms. The number of halogens is 1. The van der Waals surface area contributed by atoms with Gasteiger partial charge in [0.1, 0.15) is 29.8 Å². The van der Waals surface area contributed by atoms with Crippen LogP contribution in [0.3, 0.4) is 0 Å². The van der Waals surface area contributed by atoms with Gasteiger partial charge in [0.25, 0.3) is 5.91 Å². The standard InChI is InChI=1S/C31H36FN3O7/c1-30(2,3)42-24(36)10-9-23(27(33)37)35-16-20-25(28(35)38)22(32)15-21-26(20)41-18-31(21)11-13-34(14-12-31)29(39)40-17-19-7-5-4-6-8-19/h4-8,15,23H,9-14,16-18H2,1-3H3,(H2,33,37)/t23-/m0/s1. The molecule has 2 aromatic carbocycles. The number of ether oxygens (including phenoxy) is 3. The van der Waals surface area contributed by atoms with Gasteiger partial charge in [-0.15, -0.1) is 0 Å². The van der Waals surface area contributed by atoms with E-state index in [-0.39, 0.29) is 38.2 Å². The maximum Gasteiger partial charge on any atom is 0.410 e. The predicted molar refractivity (Wildman–Crippen MR) is 149 cm³/mol. The quantitative estimate of drug-likeness (QED) is 0.493. The zero-order valence-electron chi connectivity index (χ0n) is 24.1. The molecule has 0 aliphatic carbocycles.